The summed E-state index contributed by atoms with van der Waals surface area (Å²) in [6.45, 7) is 3.65. The molecule has 2 heterocycles. The number of nitrogens with zero attached hydrogens (tertiary/aromatic N) is 5. The van der Waals surface area contributed by atoms with Gasteiger partial charge in [-0.1, -0.05) is 5.16 Å². The van der Waals surface area contributed by atoms with Crippen molar-refractivity contribution < 1.29 is 9.32 Å². The summed E-state index contributed by atoms with van der Waals surface area (Å²) in [6, 6.07) is 0. The molecule has 0 fully saturated rings. The van der Waals surface area contributed by atoms with Crippen LogP contribution in [0, 0.1) is 13.8 Å². The molecule has 0 saturated heterocycles. The van der Waals surface area contributed by atoms with Gasteiger partial charge in [-0.15, -0.1) is 0 Å². The number of amides is 1. The molecule has 0 bridgehead atoms. The summed E-state index contributed by atoms with van der Waals surface area (Å²) in [5.74, 6) is 0.829. The maximum absolute atomic E-state index is 12.2. The van der Waals surface area contributed by atoms with Crippen molar-refractivity contribution in [3.63, 3.8) is 0 Å². The Balaban J connectivity index is 2.14. The van der Waals surface area contributed by atoms with Crippen LogP contribution in [0.2, 0.25) is 0 Å². The third-order valence-electron chi connectivity index (χ3n) is 2.52. The smallest absolute Gasteiger partial charge is 0.257 e. The third kappa shape index (κ3) is 2.84. The monoisotopic (exact) mass is 262 g/mol. The highest BCUT2D eigenvalue weighted by atomic mass is 16.5. The first-order valence-electron chi connectivity index (χ1n) is 5.61. The van der Waals surface area contributed by atoms with Gasteiger partial charge < -0.3 is 15.2 Å². The van der Waals surface area contributed by atoms with E-state index in [-0.39, 0.29) is 18.4 Å². The lowest BCUT2D eigenvalue weighted by molar-refractivity contribution is 0.0779. The quantitative estimate of drug-likeness (QED) is 0.848. The predicted octanol–water partition coefficient (Wildman–Crippen LogP) is 0.331. The van der Waals surface area contributed by atoms with E-state index in [1.165, 1.54) is 11.1 Å². The molecule has 2 aromatic heterocycles. The molecule has 0 atom stereocenters. The lowest BCUT2D eigenvalue weighted by Gasteiger charge is -2.15. The van der Waals surface area contributed by atoms with Gasteiger partial charge in [-0.2, -0.15) is 4.98 Å². The topological polar surface area (TPSA) is 111 Å². The number of carbonyl (C=O) groups excluding carboxylic acids is 1. The van der Waals surface area contributed by atoms with Gasteiger partial charge in [0.05, 0.1) is 17.8 Å². The van der Waals surface area contributed by atoms with Crippen LogP contribution in [0.4, 0.5) is 5.95 Å². The minimum Gasteiger partial charge on any atom is -0.368 e. The number of aryl methyl sites for hydroxylation is 2. The molecule has 0 unspecified atom stereocenters. The minimum atomic E-state index is -0.222. The van der Waals surface area contributed by atoms with Gasteiger partial charge >= 0.3 is 0 Å². The third-order valence-corrected chi connectivity index (χ3v) is 2.52. The molecule has 2 N–H and O–H groups in total. The molecular weight excluding hydrogens is 248 g/mol. The van der Waals surface area contributed by atoms with E-state index in [1.54, 1.807) is 20.9 Å². The first-order valence-corrected chi connectivity index (χ1v) is 5.61. The Bertz CT molecular complexity index is 609. The highest BCUT2D eigenvalue weighted by Crippen LogP contribution is 2.10. The standard InChI is InChI=1S/C11H14N6O2/c1-6-8(4-13-11(12)14-6)10(18)17(3)5-9-15-7(2)19-16-9/h4H,5H2,1-3H3,(H2,12,13,14). The van der Waals surface area contributed by atoms with Gasteiger partial charge in [0.2, 0.25) is 11.8 Å². The summed E-state index contributed by atoms with van der Waals surface area (Å²) in [5, 5.41) is 3.74. The molecule has 0 radical (unpaired) electrons. The number of hydrogen-bond donors (Lipinski definition) is 1. The summed E-state index contributed by atoms with van der Waals surface area (Å²) in [5.41, 5.74) is 6.39. The molecule has 0 aliphatic carbocycles. The second-order valence-corrected chi connectivity index (χ2v) is 4.12. The zero-order valence-corrected chi connectivity index (χ0v) is 10.9. The molecule has 0 spiro atoms. The number of nitrogens with two attached hydrogens (primary N) is 1. The molecule has 0 aliphatic rings. The minimum absolute atomic E-state index is 0.144. The van der Waals surface area contributed by atoms with E-state index in [4.69, 9.17) is 10.3 Å². The number of hydrogen-bond acceptors (Lipinski definition) is 7. The Hall–Kier alpha value is -2.51. The van der Waals surface area contributed by atoms with Crippen molar-refractivity contribution in [1.29, 1.82) is 0 Å². The highest BCUT2D eigenvalue weighted by Gasteiger charge is 2.17. The van der Waals surface area contributed by atoms with Crippen molar-refractivity contribution in [3.05, 3.63) is 29.2 Å². The van der Waals surface area contributed by atoms with E-state index in [9.17, 15) is 4.79 Å². The van der Waals surface area contributed by atoms with E-state index in [1.807, 2.05) is 0 Å². The molecule has 0 saturated carbocycles. The first-order chi connectivity index (χ1) is 8.97. The number of nitrogen functional groups attached to an aromatic ring is 1. The lowest BCUT2D eigenvalue weighted by atomic mass is 10.2. The molecule has 100 valence electrons. The van der Waals surface area contributed by atoms with Gasteiger partial charge in [-0.3, -0.25) is 4.79 Å². The fourth-order valence-corrected chi connectivity index (χ4v) is 1.59. The van der Waals surface area contributed by atoms with E-state index in [0.717, 1.165) is 0 Å². The van der Waals surface area contributed by atoms with E-state index < -0.39 is 0 Å². The molecule has 0 aromatic carbocycles. The van der Waals surface area contributed by atoms with Crippen molar-refractivity contribution >= 4 is 11.9 Å². The van der Waals surface area contributed by atoms with Crippen molar-refractivity contribution in [1.82, 2.24) is 25.0 Å². The van der Waals surface area contributed by atoms with Crippen molar-refractivity contribution in [3.8, 4) is 0 Å². The van der Waals surface area contributed by atoms with Crippen LogP contribution in [-0.2, 0) is 6.54 Å². The number of anilines is 1. The van der Waals surface area contributed by atoms with Crippen LogP contribution in [-0.4, -0.2) is 38.0 Å². The summed E-state index contributed by atoms with van der Waals surface area (Å²) >= 11 is 0. The van der Waals surface area contributed by atoms with Gasteiger partial charge in [-0.05, 0) is 6.92 Å². The van der Waals surface area contributed by atoms with Gasteiger partial charge in [-0.25, -0.2) is 9.97 Å². The zero-order chi connectivity index (χ0) is 14.0. The Kier molecular flexibility index (Phi) is 3.41. The number of carbonyl (C=O) groups is 1. The predicted molar refractivity (Wildman–Crippen MR) is 66.0 cm³/mol. The van der Waals surface area contributed by atoms with Crippen LogP contribution in [0.15, 0.2) is 10.7 Å². The van der Waals surface area contributed by atoms with Gasteiger partial charge in [0, 0.05) is 20.2 Å². The highest BCUT2D eigenvalue weighted by molar-refractivity contribution is 5.94. The van der Waals surface area contributed by atoms with E-state index in [2.05, 4.69) is 20.1 Å². The fraction of sp³-hybridized carbons (Fsp3) is 0.364. The maximum Gasteiger partial charge on any atom is 0.257 e. The van der Waals surface area contributed by atoms with E-state index in [0.29, 0.717) is 23.0 Å². The van der Waals surface area contributed by atoms with Crippen LogP contribution in [0.5, 0.6) is 0 Å². The molecule has 8 heteroatoms. The second-order valence-electron chi connectivity index (χ2n) is 4.12. The SMILES string of the molecule is Cc1nc(CN(C)C(=O)c2cnc(N)nc2C)no1. The normalized spacial score (nSPS) is 10.5. The first kappa shape index (κ1) is 12.9. The molecule has 1 amide bonds. The van der Waals surface area contributed by atoms with Crippen LogP contribution in [0.3, 0.4) is 0 Å². The summed E-state index contributed by atoms with van der Waals surface area (Å²) in [7, 11) is 1.64. The van der Waals surface area contributed by atoms with Crippen LogP contribution >= 0.6 is 0 Å². The molecule has 2 rings (SSSR count). The molecule has 2 aromatic rings. The largest absolute Gasteiger partial charge is 0.368 e. The summed E-state index contributed by atoms with van der Waals surface area (Å²) in [4.78, 5) is 25.5. The Morgan fingerprint density at radius 1 is 1.42 bits per heavy atom. The van der Waals surface area contributed by atoms with Crippen LogP contribution in [0.1, 0.15) is 27.8 Å². The van der Waals surface area contributed by atoms with E-state index >= 15 is 0 Å². The molecular formula is C11H14N6O2. The summed E-state index contributed by atoms with van der Waals surface area (Å²) in [6.07, 6.45) is 1.41. The number of rotatable bonds is 3. The van der Waals surface area contributed by atoms with Crippen LogP contribution < -0.4 is 5.73 Å². The maximum atomic E-state index is 12.2. The zero-order valence-electron chi connectivity index (χ0n) is 10.9. The summed E-state index contributed by atoms with van der Waals surface area (Å²) < 4.78 is 4.85. The van der Waals surface area contributed by atoms with Gasteiger partial charge in [0.25, 0.3) is 5.91 Å². The van der Waals surface area contributed by atoms with Crippen molar-refractivity contribution in [2.24, 2.45) is 0 Å². The average molecular weight is 262 g/mol. The second kappa shape index (κ2) is 5.01. The van der Waals surface area contributed by atoms with Gasteiger partial charge in [0.15, 0.2) is 5.82 Å². The Morgan fingerprint density at radius 3 is 2.74 bits per heavy atom. The van der Waals surface area contributed by atoms with Crippen molar-refractivity contribution in [2.45, 2.75) is 20.4 Å². The molecule has 0 aliphatic heterocycles. The van der Waals surface area contributed by atoms with Crippen molar-refractivity contribution in [2.75, 3.05) is 12.8 Å². The molecule has 8 nitrogen and oxygen atoms in total. The van der Waals surface area contributed by atoms with Crippen LogP contribution in [0.25, 0.3) is 0 Å². The Labute approximate surface area is 109 Å². The number of aromatic nitrogens is 4. The van der Waals surface area contributed by atoms with Gasteiger partial charge in [0.1, 0.15) is 0 Å². The molecule has 19 heavy (non-hydrogen) atoms. The fourth-order valence-electron chi connectivity index (χ4n) is 1.59. The Morgan fingerprint density at radius 2 is 2.16 bits per heavy atom. The average Bonchev–Trinajstić information content (AvgIpc) is 2.74. The lowest BCUT2D eigenvalue weighted by Crippen LogP contribution is -2.28.